The van der Waals surface area contributed by atoms with Gasteiger partial charge in [-0.3, -0.25) is 14.6 Å². The van der Waals surface area contributed by atoms with Gasteiger partial charge in [0, 0.05) is 49.4 Å². The number of carbonyl (C=O) groups is 2. The number of aromatic amines is 1. The fraction of sp³-hybridized carbons (Fsp3) is 0.250. The van der Waals surface area contributed by atoms with Crippen molar-refractivity contribution in [2.45, 2.75) is 25.9 Å². The zero-order valence-corrected chi connectivity index (χ0v) is 14.4. The highest BCUT2D eigenvalue weighted by Crippen LogP contribution is 2.15. The van der Waals surface area contributed by atoms with Crippen LogP contribution in [0.15, 0.2) is 48.8 Å². The van der Waals surface area contributed by atoms with E-state index in [2.05, 4.69) is 15.3 Å². The van der Waals surface area contributed by atoms with Crippen LogP contribution in [0.5, 0.6) is 0 Å². The average Bonchev–Trinajstić information content (AvgIpc) is 3.27. The lowest BCUT2D eigenvalue weighted by atomic mass is 10.1. The lowest BCUT2D eigenvalue weighted by Gasteiger charge is -2.15. The number of hydrogen-bond acceptors (Lipinski definition) is 3. The van der Waals surface area contributed by atoms with E-state index < -0.39 is 0 Å². The predicted molar refractivity (Wildman–Crippen MR) is 98.4 cm³/mol. The van der Waals surface area contributed by atoms with Crippen molar-refractivity contribution >= 4 is 22.7 Å². The Hall–Kier alpha value is -3.15. The van der Waals surface area contributed by atoms with Gasteiger partial charge in [0.25, 0.3) is 5.91 Å². The van der Waals surface area contributed by atoms with Gasteiger partial charge in [0.05, 0.1) is 0 Å². The van der Waals surface area contributed by atoms with Crippen molar-refractivity contribution in [1.29, 1.82) is 0 Å². The Labute approximate surface area is 151 Å². The molecular weight excluding hydrogens is 328 g/mol. The second-order valence-corrected chi connectivity index (χ2v) is 6.56. The summed E-state index contributed by atoms with van der Waals surface area (Å²) in [4.78, 5) is 33.0. The minimum absolute atomic E-state index is 0.145. The van der Waals surface area contributed by atoms with Gasteiger partial charge in [-0.05, 0) is 29.7 Å². The molecule has 1 fully saturated rings. The van der Waals surface area contributed by atoms with Crippen LogP contribution in [0.2, 0.25) is 0 Å². The van der Waals surface area contributed by atoms with Crippen molar-refractivity contribution < 1.29 is 9.59 Å². The number of hydrogen-bond donors (Lipinski definition) is 2. The maximum absolute atomic E-state index is 12.3. The maximum Gasteiger partial charge on any atom is 0.267 e. The molecule has 1 aliphatic rings. The largest absolute Gasteiger partial charge is 0.350 e. The molecule has 3 heterocycles. The van der Waals surface area contributed by atoms with E-state index in [9.17, 15) is 9.59 Å². The molecule has 0 radical (unpaired) electrons. The Morgan fingerprint density at radius 3 is 2.73 bits per heavy atom. The number of amides is 2. The van der Waals surface area contributed by atoms with E-state index in [1.54, 1.807) is 18.5 Å². The molecule has 132 valence electrons. The summed E-state index contributed by atoms with van der Waals surface area (Å²) in [6, 6.07) is 11.7. The van der Waals surface area contributed by atoms with Gasteiger partial charge < -0.3 is 15.2 Å². The van der Waals surface area contributed by atoms with Crippen LogP contribution >= 0.6 is 0 Å². The number of nitrogens with zero attached hydrogens (tertiary/aromatic N) is 2. The Morgan fingerprint density at radius 1 is 1.19 bits per heavy atom. The van der Waals surface area contributed by atoms with E-state index in [0.717, 1.165) is 35.0 Å². The predicted octanol–water partition coefficient (Wildman–Crippen LogP) is 2.62. The molecule has 26 heavy (non-hydrogen) atoms. The number of likely N-dealkylation sites (tertiary alicyclic amines) is 1. The summed E-state index contributed by atoms with van der Waals surface area (Å²) in [5, 5.41) is 3.84. The highest BCUT2D eigenvalue weighted by Gasteiger charge is 2.19. The van der Waals surface area contributed by atoms with Gasteiger partial charge >= 0.3 is 0 Å². The smallest absolute Gasteiger partial charge is 0.267 e. The second-order valence-electron chi connectivity index (χ2n) is 6.56. The zero-order chi connectivity index (χ0) is 17.9. The molecule has 1 aromatic carbocycles. The normalized spacial score (nSPS) is 14.2. The van der Waals surface area contributed by atoms with Crippen molar-refractivity contribution in [3.63, 3.8) is 0 Å². The van der Waals surface area contributed by atoms with Gasteiger partial charge in [0.1, 0.15) is 5.69 Å². The van der Waals surface area contributed by atoms with E-state index in [-0.39, 0.29) is 11.8 Å². The summed E-state index contributed by atoms with van der Waals surface area (Å²) >= 11 is 0. The Kier molecular flexibility index (Phi) is 4.39. The van der Waals surface area contributed by atoms with Gasteiger partial charge in [-0.1, -0.05) is 24.3 Å². The third-order valence-corrected chi connectivity index (χ3v) is 4.69. The van der Waals surface area contributed by atoms with Crippen molar-refractivity contribution in [2.24, 2.45) is 0 Å². The summed E-state index contributed by atoms with van der Waals surface area (Å²) in [5.41, 5.74) is 3.55. The van der Waals surface area contributed by atoms with Gasteiger partial charge in [-0.2, -0.15) is 0 Å². The quantitative estimate of drug-likeness (QED) is 0.744. The molecule has 2 aromatic heterocycles. The average molecular weight is 348 g/mol. The van der Waals surface area contributed by atoms with Crippen LogP contribution in [0.25, 0.3) is 10.9 Å². The topological polar surface area (TPSA) is 78.1 Å². The third kappa shape index (κ3) is 3.44. The summed E-state index contributed by atoms with van der Waals surface area (Å²) in [6.07, 6.45) is 5.03. The molecule has 2 amide bonds. The molecule has 0 aliphatic carbocycles. The Bertz CT molecular complexity index is 913. The Morgan fingerprint density at radius 2 is 2.00 bits per heavy atom. The fourth-order valence-corrected chi connectivity index (χ4v) is 3.23. The highest BCUT2D eigenvalue weighted by molar-refractivity contribution is 5.97. The first kappa shape index (κ1) is 16.3. The van der Waals surface area contributed by atoms with Crippen molar-refractivity contribution in [3.05, 3.63) is 65.6 Å². The number of benzene rings is 1. The van der Waals surface area contributed by atoms with Crippen molar-refractivity contribution in [3.8, 4) is 0 Å². The van der Waals surface area contributed by atoms with E-state index >= 15 is 0 Å². The number of rotatable bonds is 5. The van der Waals surface area contributed by atoms with Gasteiger partial charge in [-0.25, -0.2) is 0 Å². The lowest BCUT2D eigenvalue weighted by Crippen LogP contribution is -2.24. The van der Waals surface area contributed by atoms with Crippen LogP contribution < -0.4 is 5.32 Å². The molecule has 0 spiro atoms. The Balaban J connectivity index is 1.35. The number of fused-ring (bicyclic) bond motifs is 1. The number of aromatic nitrogens is 2. The number of pyridine rings is 1. The molecule has 0 atom stereocenters. The minimum Gasteiger partial charge on any atom is -0.350 e. The maximum atomic E-state index is 12.3. The number of H-pyrrole nitrogens is 1. The molecule has 0 saturated carbocycles. The molecule has 1 saturated heterocycles. The molecular formula is C20H20N4O2. The first-order valence-electron chi connectivity index (χ1n) is 8.75. The molecule has 2 N–H and O–H groups in total. The summed E-state index contributed by atoms with van der Waals surface area (Å²) < 4.78 is 0. The van der Waals surface area contributed by atoms with Gasteiger partial charge in [0.15, 0.2) is 0 Å². The molecule has 6 heteroatoms. The van der Waals surface area contributed by atoms with E-state index in [4.69, 9.17) is 0 Å². The van der Waals surface area contributed by atoms with Crippen LogP contribution in [0.4, 0.5) is 0 Å². The summed E-state index contributed by atoms with van der Waals surface area (Å²) in [6.45, 7) is 1.96. The number of carbonyl (C=O) groups excluding carboxylic acids is 2. The fourth-order valence-electron chi connectivity index (χ4n) is 3.23. The van der Waals surface area contributed by atoms with Crippen molar-refractivity contribution in [2.75, 3.05) is 6.54 Å². The van der Waals surface area contributed by atoms with Gasteiger partial charge in [-0.15, -0.1) is 0 Å². The first-order chi connectivity index (χ1) is 12.7. The van der Waals surface area contributed by atoms with E-state index in [0.29, 0.717) is 25.2 Å². The third-order valence-electron chi connectivity index (χ3n) is 4.69. The standard InChI is InChI=1S/C20H20N4O2/c25-19-2-1-9-24(19)13-15-5-3-14(4-6-15)11-22-20(26)18-10-16-12-21-8-7-17(16)23-18/h3-8,10,12,23H,1-2,9,11,13H2,(H,22,26). The van der Waals surface area contributed by atoms with Crippen LogP contribution in [-0.4, -0.2) is 33.2 Å². The zero-order valence-electron chi connectivity index (χ0n) is 14.4. The van der Waals surface area contributed by atoms with Gasteiger partial charge in [0.2, 0.25) is 5.91 Å². The first-order valence-corrected chi connectivity index (χ1v) is 8.75. The van der Waals surface area contributed by atoms with Crippen LogP contribution in [0.3, 0.4) is 0 Å². The monoisotopic (exact) mass is 348 g/mol. The van der Waals surface area contributed by atoms with Crippen LogP contribution in [0, 0.1) is 0 Å². The van der Waals surface area contributed by atoms with E-state index in [1.165, 1.54) is 0 Å². The molecule has 4 rings (SSSR count). The highest BCUT2D eigenvalue weighted by atomic mass is 16.2. The van der Waals surface area contributed by atoms with Crippen LogP contribution in [-0.2, 0) is 17.9 Å². The van der Waals surface area contributed by atoms with Crippen molar-refractivity contribution in [1.82, 2.24) is 20.2 Å². The molecule has 0 unspecified atom stereocenters. The lowest BCUT2D eigenvalue weighted by molar-refractivity contribution is -0.128. The van der Waals surface area contributed by atoms with Crippen LogP contribution in [0.1, 0.15) is 34.5 Å². The summed E-state index contributed by atoms with van der Waals surface area (Å²) in [5.74, 6) is 0.0859. The van der Waals surface area contributed by atoms with E-state index in [1.807, 2.05) is 35.2 Å². The number of nitrogens with one attached hydrogen (secondary N) is 2. The summed E-state index contributed by atoms with van der Waals surface area (Å²) in [7, 11) is 0. The second kappa shape index (κ2) is 7.00. The molecule has 0 bridgehead atoms. The minimum atomic E-state index is -0.145. The molecule has 3 aromatic rings. The SMILES string of the molecule is O=C(NCc1ccc(CN2CCCC2=O)cc1)c1cc2cnccc2[nH]1. The molecule has 1 aliphatic heterocycles. The molecule has 6 nitrogen and oxygen atoms in total.